The summed E-state index contributed by atoms with van der Waals surface area (Å²) in [5, 5.41) is 15.0. The van der Waals surface area contributed by atoms with E-state index in [1.165, 1.54) is 0 Å². The number of benzene rings is 2. The Morgan fingerprint density at radius 2 is 1.82 bits per heavy atom. The number of nitrogens with zero attached hydrogens (tertiary/aromatic N) is 3. The van der Waals surface area contributed by atoms with Gasteiger partial charge in [-0.05, 0) is 44.2 Å². The maximum Gasteiger partial charge on any atom is 0.274 e. The fourth-order valence-corrected chi connectivity index (χ4v) is 2.59. The van der Waals surface area contributed by atoms with Gasteiger partial charge in [-0.25, -0.2) is 9.97 Å². The first-order valence-electron chi connectivity index (χ1n) is 8.75. The molecule has 0 atom stereocenters. The van der Waals surface area contributed by atoms with E-state index >= 15 is 0 Å². The first-order valence-corrected chi connectivity index (χ1v) is 8.75. The van der Waals surface area contributed by atoms with E-state index in [1.807, 2.05) is 19.1 Å². The lowest BCUT2D eigenvalue weighted by atomic mass is 10.2. The van der Waals surface area contributed by atoms with Crippen LogP contribution >= 0.6 is 0 Å². The number of hydrogen-bond donors (Lipinski definition) is 2. The topological polar surface area (TPSA) is 99.9 Å². The summed E-state index contributed by atoms with van der Waals surface area (Å²) in [7, 11) is 0. The van der Waals surface area contributed by atoms with Crippen LogP contribution in [0.15, 0.2) is 54.6 Å². The number of aromatic nitrogens is 2. The quantitative estimate of drug-likeness (QED) is 0.676. The number of aryl methyl sites for hydroxylation is 1. The zero-order valence-corrected chi connectivity index (χ0v) is 15.6. The number of nitriles is 1. The zero-order chi connectivity index (χ0) is 19.9. The number of anilines is 3. The molecular weight excluding hydrogens is 354 g/mol. The van der Waals surface area contributed by atoms with Crippen LogP contribution in [0.25, 0.3) is 0 Å². The second-order valence-electron chi connectivity index (χ2n) is 5.88. The zero-order valence-electron chi connectivity index (χ0n) is 15.6. The van der Waals surface area contributed by atoms with Crippen LogP contribution in [0.2, 0.25) is 0 Å². The van der Waals surface area contributed by atoms with E-state index in [9.17, 15) is 10.1 Å². The first kappa shape index (κ1) is 18.9. The number of amides is 1. The molecule has 3 aromatic rings. The van der Waals surface area contributed by atoms with Crippen molar-refractivity contribution in [1.29, 1.82) is 5.26 Å². The third kappa shape index (κ3) is 4.43. The fourth-order valence-electron chi connectivity index (χ4n) is 2.59. The van der Waals surface area contributed by atoms with Gasteiger partial charge >= 0.3 is 0 Å². The average Bonchev–Trinajstić information content (AvgIpc) is 2.69. The molecule has 0 fully saturated rings. The Bertz CT molecular complexity index is 1040. The van der Waals surface area contributed by atoms with Crippen LogP contribution in [-0.2, 0) is 0 Å². The van der Waals surface area contributed by atoms with Crippen LogP contribution in [0.3, 0.4) is 0 Å². The lowest BCUT2D eigenvalue weighted by Gasteiger charge is -2.12. The minimum Gasteiger partial charge on any atom is -0.492 e. The van der Waals surface area contributed by atoms with Gasteiger partial charge in [0.1, 0.15) is 17.5 Å². The second-order valence-corrected chi connectivity index (χ2v) is 5.88. The lowest BCUT2D eigenvalue weighted by molar-refractivity contribution is 0.102. The number of ether oxygens (including phenoxy) is 1. The van der Waals surface area contributed by atoms with Gasteiger partial charge in [-0.1, -0.05) is 24.3 Å². The van der Waals surface area contributed by atoms with Crippen molar-refractivity contribution in [3.8, 4) is 11.8 Å². The van der Waals surface area contributed by atoms with Crippen molar-refractivity contribution >= 4 is 23.2 Å². The molecule has 28 heavy (non-hydrogen) atoms. The first-order chi connectivity index (χ1) is 13.6. The maximum atomic E-state index is 12.7. The molecule has 7 heteroatoms. The van der Waals surface area contributed by atoms with Crippen LogP contribution < -0.4 is 15.4 Å². The van der Waals surface area contributed by atoms with Crippen molar-refractivity contribution in [3.63, 3.8) is 0 Å². The molecule has 7 nitrogen and oxygen atoms in total. The molecule has 1 aromatic heterocycles. The van der Waals surface area contributed by atoms with E-state index in [2.05, 4.69) is 26.7 Å². The summed E-state index contributed by atoms with van der Waals surface area (Å²) in [5.41, 5.74) is 2.42. The van der Waals surface area contributed by atoms with Gasteiger partial charge in [0, 0.05) is 5.69 Å². The molecule has 0 unspecified atom stereocenters. The van der Waals surface area contributed by atoms with Gasteiger partial charge in [-0.15, -0.1) is 0 Å². The lowest BCUT2D eigenvalue weighted by Crippen LogP contribution is -2.16. The van der Waals surface area contributed by atoms with Crippen molar-refractivity contribution in [2.75, 3.05) is 17.2 Å². The predicted molar refractivity (Wildman–Crippen MR) is 107 cm³/mol. The van der Waals surface area contributed by atoms with Gasteiger partial charge in [0.15, 0.2) is 0 Å². The second kappa shape index (κ2) is 8.64. The molecule has 3 rings (SSSR count). The molecule has 2 aromatic carbocycles. The number of carbonyl (C=O) groups is 1. The highest BCUT2D eigenvalue weighted by molar-refractivity contribution is 6.03. The average molecular weight is 373 g/mol. The van der Waals surface area contributed by atoms with E-state index in [1.54, 1.807) is 49.4 Å². The molecule has 0 radical (unpaired) electrons. The van der Waals surface area contributed by atoms with E-state index in [0.29, 0.717) is 35.0 Å². The third-order valence-electron chi connectivity index (χ3n) is 3.82. The Kier molecular flexibility index (Phi) is 5.82. The fraction of sp³-hybridized carbons (Fsp3) is 0.143. The number of carbonyl (C=O) groups excluding carboxylic acids is 1. The number of hydrogen-bond acceptors (Lipinski definition) is 6. The van der Waals surface area contributed by atoms with Crippen LogP contribution in [0.1, 0.15) is 28.7 Å². The molecule has 2 N–H and O–H groups in total. The van der Waals surface area contributed by atoms with Crippen molar-refractivity contribution in [3.05, 3.63) is 71.5 Å². The van der Waals surface area contributed by atoms with Gasteiger partial charge in [0.2, 0.25) is 5.95 Å². The van der Waals surface area contributed by atoms with Crippen molar-refractivity contribution in [2.45, 2.75) is 13.8 Å². The summed E-state index contributed by atoms with van der Waals surface area (Å²) < 4.78 is 5.54. The molecule has 0 bridgehead atoms. The summed E-state index contributed by atoms with van der Waals surface area (Å²) in [6, 6.07) is 17.9. The van der Waals surface area contributed by atoms with E-state index in [0.717, 1.165) is 0 Å². The Labute approximate surface area is 163 Å². The Morgan fingerprint density at radius 3 is 2.57 bits per heavy atom. The standard InChI is InChI=1S/C21H19N5O2/c1-3-28-19-11-7-6-10-17(19)24-20(27)18-12-14(2)23-21(26-18)25-16-9-5-4-8-15(16)13-22/h4-12H,3H2,1-2H3,(H,24,27)(H,23,25,26). The van der Waals surface area contributed by atoms with Crippen LogP contribution in [0.5, 0.6) is 5.75 Å². The van der Waals surface area contributed by atoms with Crippen molar-refractivity contribution in [2.24, 2.45) is 0 Å². The highest BCUT2D eigenvalue weighted by atomic mass is 16.5. The number of rotatable bonds is 6. The van der Waals surface area contributed by atoms with Gasteiger partial charge in [0.05, 0.1) is 23.5 Å². The van der Waals surface area contributed by atoms with Crippen LogP contribution in [0.4, 0.5) is 17.3 Å². The molecule has 140 valence electrons. The van der Waals surface area contributed by atoms with E-state index < -0.39 is 0 Å². The SMILES string of the molecule is CCOc1ccccc1NC(=O)c1cc(C)nc(Nc2ccccc2C#N)n1. The molecule has 0 saturated carbocycles. The normalized spacial score (nSPS) is 10.0. The predicted octanol–water partition coefficient (Wildman–Crippen LogP) is 4.05. The third-order valence-corrected chi connectivity index (χ3v) is 3.82. The Balaban J connectivity index is 1.85. The van der Waals surface area contributed by atoms with Gasteiger partial charge in [-0.3, -0.25) is 4.79 Å². The highest BCUT2D eigenvalue weighted by Crippen LogP contribution is 2.24. The van der Waals surface area contributed by atoms with Crippen molar-refractivity contribution < 1.29 is 9.53 Å². The Morgan fingerprint density at radius 1 is 1.11 bits per heavy atom. The number of para-hydroxylation sites is 3. The molecule has 1 amide bonds. The molecule has 0 spiro atoms. The van der Waals surface area contributed by atoms with Gasteiger partial charge in [0.25, 0.3) is 5.91 Å². The summed E-state index contributed by atoms with van der Waals surface area (Å²) in [6.45, 7) is 4.14. The smallest absolute Gasteiger partial charge is 0.274 e. The summed E-state index contributed by atoms with van der Waals surface area (Å²) in [6.07, 6.45) is 0. The molecule has 1 heterocycles. The monoisotopic (exact) mass is 373 g/mol. The molecule has 0 aliphatic heterocycles. The van der Waals surface area contributed by atoms with Gasteiger partial charge in [-0.2, -0.15) is 5.26 Å². The van der Waals surface area contributed by atoms with Gasteiger partial charge < -0.3 is 15.4 Å². The van der Waals surface area contributed by atoms with Crippen LogP contribution in [-0.4, -0.2) is 22.5 Å². The molecule has 0 aliphatic rings. The summed E-state index contributed by atoms with van der Waals surface area (Å²) >= 11 is 0. The minimum absolute atomic E-state index is 0.204. The Hall–Kier alpha value is -3.92. The maximum absolute atomic E-state index is 12.7. The number of nitrogens with one attached hydrogen (secondary N) is 2. The summed E-state index contributed by atoms with van der Waals surface area (Å²) in [5.74, 6) is 0.450. The van der Waals surface area contributed by atoms with Crippen molar-refractivity contribution in [1.82, 2.24) is 9.97 Å². The summed E-state index contributed by atoms with van der Waals surface area (Å²) in [4.78, 5) is 21.3. The minimum atomic E-state index is -0.380. The van der Waals surface area contributed by atoms with E-state index in [-0.39, 0.29) is 17.5 Å². The molecular formula is C21H19N5O2. The molecule has 0 saturated heterocycles. The largest absolute Gasteiger partial charge is 0.492 e. The van der Waals surface area contributed by atoms with E-state index in [4.69, 9.17) is 4.74 Å². The highest BCUT2D eigenvalue weighted by Gasteiger charge is 2.14. The van der Waals surface area contributed by atoms with Crippen LogP contribution in [0, 0.1) is 18.3 Å². The molecule has 0 aliphatic carbocycles.